The summed E-state index contributed by atoms with van der Waals surface area (Å²) in [6.45, 7) is 2.20. The summed E-state index contributed by atoms with van der Waals surface area (Å²) in [4.78, 5) is 25.2. The van der Waals surface area contributed by atoms with Crippen LogP contribution < -0.4 is 10.5 Å². The predicted molar refractivity (Wildman–Crippen MR) is 123 cm³/mol. The van der Waals surface area contributed by atoms with Gasteiger partial charge in [-0.2, -0.15) is 0 Å². The minimum Gasteiger partial charge on any atom is -0.481 e. The number of rotatable bonds is 10. The predicted octanol–water partition coefficient (Wildman–Crippen LogP) is 3.94. The van der Waals surface area contributed by atoms with Crippen LogP contribution in [-0.4, -0.2) is 36.1 Å². The maximum Gasteiger partial charge on any atom is 0.332 e. The molecule has 8 heteroatoms. The Hall–Kier alpha value is -2.73. The molecular formula is C23H25NO5S2. The Morgan fingerprint density at radius 2 is 1.97 bits per heavy atom. The summed E-state index contributed by atoms with van der Waals surface area (Å²) in [6.07, 6.45) is 4.31. The molecule has 1 aromatic heterocycles. The molecule has 3 N–H and O–H groups in total. The summed E-state index contributed by atoms with van der Waals surface area (Å²) in [5.74, 6) is 4.87. The number of carboxylic acids is 1. The Morgan fingerprint density at radius 3 is 2.65 bits per heavy atom. The molecule has 0 aliphatic carbocycles. The van der Waals surface area contributed by atoms with Crippen molar-refractivity contribution in [3.63, 3.8) is 0 Å². The molecule has 0 aliphatic heterocycles. The number of carboxylic acid groups (broad SMARTS) is 1. The lowest BCUT2D eigenvalue weighted by Crippen LogP contribution is -2.33. The van der Waals surface area contributed by atoms with Crippen LogP contribution in [0.3, 0.4) is 0 Å². The number of nitrogens with two attached hydrogens (primary N) is 1. The SMILES string of the molecule is CSc1ccc(OCC#Cc2ccc(CC[C@@H](C)C(N)OC(=O)C=CC(=O)O)s2)cc1. The van der Waals surface area contributed by atoms with E-state index < -0.39 is 18.2 Å². The van der Waals surface area contributed by atoms with Crippen LogP contribution in [0.15, 0.2) is 53.4 Å². The van der Waals surface area contributed by atoms with E-state index in [2.05, 4.69) is 11.8 Å². The summed E-state index contributed by atoms with van der Waals surface area (Å²) < 4.78 is 10.7. The number of thioether (sulfide) groups is 1. The smallest absolute Gasteiger partial charge is 0.332 e. The van der Waals surface area contributed by atoms with Gasteiger partial charge < -0.3 is 14.6 Å². The number of carbonyl (C=O) groups is 2. The third kappa shape index (κ3) is 9.30. The lowest BCUT2D eigenvalue weighted by Gasteiger charge is -2.19. The second-order valence-electron chi connectivity index (χ2n) is 6.62. The van der Waals surface area contributed by atoms with Crippen molar-refractivity contribution in [2.24, 2.45) is 11.7 Å². The average molecular weight is 460 g/mol. The first-order valence-electron chi connectivity index (χ1n) is 9.59. The first kappa shape index (κ1) is 24.5. The van der Waals surface area contributed by atoms with Crippen molar-refractivity contribution in [1.29, 1.82) is 0 Å². The maximum absolute atomic E-state index is 11.5. The molecule has 6 nitrogen and oxygen atoms in total. The van der Waals surface area contributed by atoms with E-state index >= 15 is 0 Å². The molecular weight excluding hydrogens is 434 g/mol. The van der Waals surface area contributed by atoms with Gasteiger partial charge in [0.25, 0.3) is 0 Å². The van der Waals surface area contributed by atoms with Gasteiger partial charge in [0.15, 0.2) is 6.23 Å². The summed E-state index contributed by atoms with van der Waals surface area (Å²) in [6, 6.07) is 11.9. The first-order valence-corrected chi connectivity index (χ1v) is 11.6. The van der Waals surface area contributed by atoms with E-state index in [1.165, 1.54) is 4.90 Å². The maximum atomic E-state index is 11.5. The van der Waals surface area contributed by atoms with Gasteiger partial charge >= 0.3 is 11.9 Å². The zero-order valence-corrected chi connectivity index (χ0v) is 19.0. The van der Waals surface area contributed by atoms with E-state index in [-0.39, 0.29) is 5.92 Å². The number of hydrogen-bond donors (Lipinski definition) is 2. The number of hydrogen-bond acceptors (Lipinski definition) is 7. The van der Waals surface area contributed by atoms with E-state index in [4.69, 9.17) is 20.3 Å². The molecule has 2 rings (SSSR count). The molecule has 1 unspecified atom stereocenters. The zero-order chi connectivity index (χ0) is 22.6. The van der Waals surface area contributed by atoms with Gasteiger partial charge in [-0.3, -0.25) is 5.73 Å². The van der Waals surface area contributed by atoms with Crippen LogP contribution in [0.2, 0.25) is 0 Å². The Kier molecular flexibility index (Phi) is 10.2. The van der Waals surface area contributed by atoms with Crippen LogP contribution in [0, 0.1) is 17.8 Å². The highest BCUT2D eigenvalue weighted by molar-refractivity contribution is 7.98. The van der Waals surface area contributed by atoms with Gasteiger partial charge in [0, 0.05) is 27.8 Å². The topological polar surface area (TPSA) is 98.9 Å². The number of carbonyl (C=O) groups excluding carboxylic acids is 1. The fourth-order valence-electron chi connectivity index (χ4n) is 2.46. The van der Waals surface area contributed by atoms with Crippen molar-refractivity contribution < 1.29 is 24.2 Å². The van der Waals surface area contributed by atoms with Gasteiger partial charge in [-0.25, -0.2) is 9.59 Å². The van der Waals surface area contributed by atoms with E-state index in [0.717, 1.165) is 40.5 Å². The average Bonchev–Trinajstić information content (AvgIpc) is 3.21. The van der Waals surface area contributed by atoms with E-state index in [9.17, 15) is 9.59 Å². The Labute approximate surface area is 190 Å². The number of esters is 1. The van der Waals surface area contributed by atoms with Crippen molar-refractivity contribution in [3.05, 3.63) is 58.3 Å². The van der Waals surface area contributed by atoms with Gasteiger partial charge in [-0.1, -0.05) is 18.8 Å². The molecule has 0 spiro atoms. The molecule has 0 aliphatic rings. The summed E-state index contributed by atoms with van der Waals surface area (Å²) in [7, 11) is 0. The number of aryl methyl sites for hydroxylation is 1. The highest BCUT2D eigenvalue weighted by Gasteiger charge is 2.16. The minimum atomic E-state index is -1.22. The van der Waals surface area contributed by atoms with E-state index in [1.807, 2.05) is 49.6 Å². The Bertz CT molecular complexity index is 956. The van der Waals surface area contributed by atoms with E-state index in [1.54, 1.807) is 23.1 Å². The van der Waals surface area contributed by atoms with Crippen molar-refractivity contribution in [2.75, 3.05) is 12.9 Å². The van der Waals surface area contributed by atoms with Crippen molar-refractivity contribution >= 4 is 35.0 Å². The van der Waals surface area contributed by atoms with Gasteiger partial charge in [-0.05, 0) is 55.5 Å². The van der Waals surface area contributed by atoms with Crippen molar-refractivity contribution in [2.45, 2.75) is 30.9 Å². The molecule has 0 radical (unpaired) electrons. The number of benzene rings is 1. The molecule has 1 heterocycles. The lowest BCUT2D eigenvalue weighted by atomic mass is 10.0. The summed E-state index contributed by atoms with van der Waals surface area (Å²) in [5.41, 5.74) is 5.88. The van der Waals surface area contributed by atoms with Crippen LogP contribution in [-0.2, 0) is 20.7 Å². The van der Waals surface area contributed by atoms with Gasteiger partial charge in [-0.15, -0.1) is 23.1 Å². The highest BCUT2D eigenvalue weighted by Crippen LogP contribution is 2.21. The van der Waals surface area contributed by atoms with Gasteiger partial charge in [0.05, 0.1) is 4.88 Å². The molecule has 0 amide bonds. The summed E-state index contributed by atoms with van der Waals surface area (Å²) in [5, 5.41) is 8.51. The molecule has 164 valence electrons. The zero-order valence-electron chi connectivity index (χ0n) is 17.4. The van der Waals surface area contributed by atoms with Crippen molar-refractivity contribution in [1.82, 2.24) is 0 Å². The van der Waals surface area contributed by atoms with Crippen LogP contribution in [0.5, 0.6) is 5.75 Å². The van der Waals surface area contributed by atoms with Crippen LogP contribution in [0.1, 0.15) is 23.1 Å². The van der Waals surface area contributed by atoms with Crippen LogP contribution in [0.4, 0.5) is 0 Å². The third-order valence-electron chi connectivity index (χ3n) is 4.26. The fraction of sp³-hybridized carbons (Fsp3) is 0.304. The van der Waals surface area contributed by atoms with Crippen LogP contribution in [0.25, 0.3) is 0 Å². The first-order chi connectivity index (χ1) is 14.9. The molecule has 0 saturated heterocycles. The molecule has 2 aromatic rings. The molecule has 2 atom stereocenters. The fourth-order valence-corrected chi connectivity index (χ4v) is 3.76. The Morgan fingerprint density at radius 1 is 1.23 bits per heavy atom. The quantitative estimate of drug-likeness (QED) is 0.183. The molecule has 1 aromatic carbocycles. The standard InChI is InChI=1S/C23H25NO5S2/c1-16(23(24)29-22(27)14-13-21(25)26)5-8-20-12-11-19(31-20)4-3-15-28-17-6-9-18(30-2)10-7-17/h6-7,9-14,16,23H,5,8,15,24H2,1-2H3,(H,25,26)/t16-,23?/m1/s1. The monoisotopic (exact) mass is 459 g/mol. The summed E-state index contributed by atoms with van der Waals surface area (Å²) >= 11 is 3.29. The number of aliphatic carboxylic acids is 1. The van der Waals surface area contributed by atoms with E-state index in [0.29, 0.717) is 6.61 Å². The Balaban J connectivity index is 1.75. The molecule has 0 saturated carbocycles. The molecule has 0 bridgehead atoms. The van der Waals surface area contributed by atoms with Crippen molar-refractivity contribution in [3.8, 4) is 17.6 Å². The third-order valence-corrected chi connectivity index (χ3v) is 6.07. The minimum absolute atomic E-state index is 0.0790. The highest BCUT2D eigenvalue weighted by atomic mass is 32.2. The normalized spacial score (nSPS) is 12.6. The number of ether oxygens (including phenoxy) is 2. The van der Waals surface area contributed by atoms with Gasteiger partial charge in [0.1, 0.15) is 12.4 Å². The molecule has 31 heavy (non-hydrogen) atoms. The second-order valence-corrected chi connectivity index (χ2v) is 8.67. The number of thiophene rings is 1. The lowest BCUT2D eigenvalue weighted by molar-refractivity contribution is -0.145. The van der Waals surface area contributed by atoms with Crippen LogP contribution >= 0.6 is 23.1 Å². The largest absolute Gasteiger partial charge is 0.481 e. The second kappa shape index (κ2) is 12.8. The molecule has 0 fully saturated rings. The van der Waals surface area contributed by atoms with Gasteiger partial charge in [0.2, 0.25) is 0 Å².